The molecule has 0 aliphatic carbocycles. The SMILES string of the molecule is C=CC1=C(C)c2cc3[nH]c(cc4nc(cc5[nH]c(cc1n2)c(C)c5CCC(O)NCCN(C(C)C)C(C)C)C(CCC(=O)O)=C4C)c(C)c3C=C. The van der Waals surface area contributed by atoms with Crippen molar-refractivity contribution in [1.29, 1.82) is 0 Å². The van der Waals surface area contributed by atoms with E-state index in [1.165, 1.54) is 0 Å². The number of aromatic amines is 2. The molecular weight excluding hydrogens is 637 g/mol. The van der Waals surface area contributed by atoms with Gasteiger partial charge in [-0.15, -0.1) is 0 Å². The second kappa shape index (κ2) is 15.8. The van der Waals surface area contributed by atoms with Crippen molar-refractivity contribution in [3.05, 3.63) is 88.5 Å². The van der Waals surface area contributed by atoms with Gasteiger partial charge in [0.25, 0.3) is 0 Å². The predicted octanol–water partition coefficient (Wildman–Crippen LogP) is 8.45. The topological polar surface area (TPSA) is 130 Å². The first-order chi connectivity index (χ1) is 24.2. The fourth-order valence-corrected chi connectivity index (χ4v) is 7.39. The standard InChI is InChI=1S/C42H54N6O3/c1-11-29-25(7)33-19-34-28(10)32(14-16-42(50)51)40(46-34)22-39-31(13-15-41(49)43-17-18-48(23(3)4)24(5)6)27(9)36(47-39)21-38-30(12-2)26(8)35(45-38)20-37(29)44-33/h11-12,19-24,41,43-44,47,49H,1-2,13-18H2,3-10H3,(H,50,51). The molecular formula is C42H54N6O3. The maximum atomic E-state index is 11.7. The molecule has 9 heteroatoms. The molecule has 5 N–H and O–H groups in total. The summed E-state index contributed by atoms with van der Waals surface area (Å²) in [4.78, 5) is 31.6. The van der Waals surface area contributed by atoms with E-state index in [0.717, 1.165) is 95.9 Å². The van der Waals surface area contributed by atoms with E-state index in [0.29, 0.717) is 37.9 Å². The highest BCUT2D eigenvalue weighted by molar-refractivity contribution is 5.98. The zero-order chi connectivity index (χ0) is 37.1. The summed E-state index contributed by atoms with van der Waals surface area (Å²) in [6.45, 7) is 26.8. The number of hydrogen-bond acceptors (Lipinski definition) is 6. The molecule has 2 aliphatic rings. The van der Waals surface area contributed by atoms with Crippen LogP contribution in [0.25, 0.3) is 50.4 Å². The van der Waals surface area contributed by atoms with Crippen molar-refractivity contribution >= 4 is 56.4 Å². The van der Waals surface area contributed by atoms with Crippen molar-refractivity contribution in [2.24, 2.45) is 0 Å². The molecule has 0 radical (unpaired) electrons. The van der Waals surface area contributed by atoms with Crippen molar-refractivity contribution in [2.45, 2.75) is 99.4 Å². The molecule has 2 aliphatic heterocycles. The van der Waals surface area contributed by atoms with Gasteiger partial charge in [-0.1, -0.05) is 25.3 Å². The van der Waals surface area contributed by atoms with Gasteiger partial charge >= 0.3 is 5.97 Å². The fraction of sp³-hybridized carbons (Fsp3) is 0.405. The Kier molecular flexibility index (Phi) is 11.6. The Labute approximate surface area is 302 Å². The number of nitrogens with zero attached hydrogens (tertiary/aromatic N) is 3. The molecule has 0 saturated heterocycles. The minimum Gasteiger partial charge on any atom is -0.481 e. The monoisotopic (exact) mass is 690 g/mol. The van der Waals surface area contributed by atoms with Crippen LogP contribution in [-0.4, -0.2) is 72.4 Å². The van der Waals surface area contributed by atoms with Crippen LogP contribution in [0.5, 0.6) is 0 Å². The Morgan fingerprint density at radius 3 is 2.06 bits per heavy atom. The minimum absolute atomic E-state index is 0.00105. The summed E-state index contributed by atoms with van der Waals surface area (Å²) in [6, 6.07) is 9.05. The molecule has 8 bridgehead atoms. The number of carbonyl (C=O) groups is 1. The number of aliphatic hydroxyl groups is 1. The molecule has 0 fully saturated rings. The Bertz CT molecular complexity index is 2070. The van der Waals surface area contributed by atoms with E-state index in [9.17, 15) is 15.0 Å². The number of allylic oxidation sites excluding steroid dienone is 5. The van der Waals surface area contributed by atoms with Crippen LogP contribution in [0.1, 0.15) is 106 Å². The third-order valence-electron chi connectivity index (χ3n) is 10.4. The lowest BCUT2D eigenvalue weighted by Gasteiger charge is -2.30. The number of carboxylic acids is 1. The average molecular weight is 691 g/mol. The number of aromatic nitrogens is 4. The highest BCUT2D eigenvalue weighted by atomic mass is 16.4. The van der Waals surface area contributed by atoms with Crippen LogP contribution in [0.15, 0.2) is 43.5 Å². The first-order valence-corrected chi connectivity index (χ1v) is 18.0. The molecule has 1 unspecified atom stereocenters. The zero-order valence-corrected chi connectivity index (χ0v) is 31.5. The third-order valence-corrected chi connectivity index (χ3v) is 10.4. The second-order valence-corrected chi connectivity index (χ2v) is 14.3. The van der Waals surface area contributed by atoms with Gasteiger partial charge < -0.3 is 20.2 Å². The molecule has 3 aromatic heterocycles. The molecule has 5 rings (SSSR count). The highest BCUT2D eigenvalue weighted by Gasteiger charge is 2.21. The normalized spacial score (nSPS) is 14.0. The van der Waals surface area contributed by atoms with E-state index in [1.54, 1.807) is 0 Å². The summed E-state index contributed by atoms with van der Waals surface area (Å²) >= 11 is 0. The third kappa shape index (κ3) is 8.01. The molecule has 51 heavy (non-hydrogen) atoms. The van der Waals surface area contributed by atoms with Crippen LogP contribution >= 0.6 is 0 Å². The van der Waals surface area contributed by atoms with Gasteiger partial charge in [0.1, 0.15) is 6.23 Å². The van der Waals surface area contributed by atoms with E-state index in [1.807, 2.05) is 31.2 Å². The van der Waals surface area contributed by atoms with Crippen LogP contribution in [0.2, 0.25) is 0 Å². The van der Waals surface area contributed by atoms with Crippen LogP contribution in [0, 0.1) is 13.8 Å². The Morgan fingerprint density at radius 2 is 1.41 bits per heavy atom. The summed E-state index contributed by atoms with van der Waals surface area (Å²) < 4.78 is 0. The van der Waals surface area contributed by atoms with Gasteiger partial charge in [-0.2, -0.15) is 0 Å². The van der Waals surface area contributed by atoms with Gasteiger partial charge in [-0.05, 0) is 132 Å². The first kappa shape index (κ1) is 37.7. The van der Waals surface area contributed by atoms with Gasteiger partial charge in [0.15, 0.2) is 0 Å². The maximum Gasteiger partial charge on any atom is 0.303 e. The van der Waals surface area contributed by atoms with Crippen LogP contribution < -0.4 is 5.32 Å². The predicted molar refractivity (Wildman–Crippen MR) is 212 cm³/mol. The highest BCUT2D eigenvalue weighted by Crippen LogP contribution is 2.36. The van der Waals surface area contributed by atoms with E-state index in [2.05, 4.69) is 93.9 Å². The molecule has 0 aromatic carbocycles. The lowest BCUT2D eigenvalue weighted by atomic mass is 10.00. The first-order valence-electron chi connectivity index (χ1n) is 18.0. The molecule has 0 spiro atoms. The average Bonchev–Trinajstić information content (AvgIpc) is 3.73. The summed E-state index contributed by atoms with van der Waals surface area (Å²) in [5, 5.41) is 24.0. The summed E-state index contributed by atoms with van der Waals surface area (Å²) in [5.74, 6) is -0.851. The molecule has 5 heterocycles. The molecule has 0 amide bonds. The molecule has 270 valence electrons. The Hall–Kier alpha value is -4.57. The van der Waals surface area contributed by atoms with E-state index < -0.39 is 12.2 Å². The van der Waals surface area contributed by atoms with Crippen LogP contribution in [-0.2, 0) is 11.2 Å². The van der Waals surface area contributed by atoms with Crippen molar-refractivity contribution in [3.63, 3.8) is 0 Å². The number of aryl methyl sites for hydroxylation is 3. The van der Waals surface area contributed by atoms with E-state index >= 15 is 0 Å². The quantitative estimate of drug-likeness (QED) is 0.107. The lowest BCUT2D eigenvalue weighted by molar-refractivity contribution is -0.136. The molecule has 1 atom stereocenters. The lowest BCUT2D eigenvalue weighted by Crippen LogP contribution is -2.43. The van der Waals surface area contributed by atoms with Crippen molar-refractivity contribution in [2.75, 3.05) is 13.1 Å². The smallest absolute Gasteiger partial charge is 0.303 e. The van der Waals surface area contributed by atoms with Crippen molar-refractivity contribution in [3.8, 4) is 0 Å². The van der Waals surface area contributed by atoms with Crippen molar-refractivity contribution < 1.29 is 15.0 Å². The molecule has 3 aromatic rings. The molecule has 0 saturated carbocycles. The van der Waals surface area contributed by atoms with E-state index in [-0.39, 0.29) is 6.42 Å². The van der Waals surface area contributed by atoms with Crippen LogP contribution in [0.4, 0.5) is 0 Å². The summed E-state index contributed by atoms with van der Waals surface area (Å²) in [7, 11) is 0. The summed E-state index contributed by atoms with van der Waals surface area (Å²) in [5.41, 5.74) is 14.8. The number of aliphatic hydroxyl groups excluding tert-OH is 1. The number of H-pyrrole nitrogens is 2. The van der Waals surface area contributed by atoms with Crippen molar-refractivity contribution in [1.82, 2.24) is 30.2 Å². The van der Waals surface area contributed by atoms with Crippen LogP contribution in [0.3, 0.4) is 0 Å². The second-order valence-electron chi connectivity index (χ2n) is 14.3. The van der Waals surface area contributed by atoms with E-state index in [4.69, 9.17) is 9.97 Å². The van der Waals surface area contributed by atoms with Gasteiger partial charge in [0.05, 0.1) is 22.8 Å². The van der Waals surface area contributed by atoms with Gasteiger partial charge in [-0.3, -0.25) is 15.0 Å². The Balaban J connectivity index is 1.69. The van der Waals surface area contributed by atoms with Gasteiger partial charge in [0.2, 0.25) is 0 Å². The number of fused-ring (bicyclic) bond motifs is 8. The number of nitrogens with one attached hydrogen (secondary N) is 3. The molecule has 9 nitrogen and oxygen atoms in total. The summed E-state index contributed by atoms with van der Waals surface area (Å²) in [6.07, 6.45) is 4.53. The zero-order valence-electron chi connectivity index (χ0n) is 31.5. The number of carboxylic acid groups (broad SMARTS) is 1. The maximum absolute atomic E-state index is 11.7. The number of hydrogen-bond donors (Lipinski definition) is 5. The minimum atomic E-state index is -0.851. The fourth-order valence-electron chi connectivity index (χ4n) is 7.39. The number of rotatable bonds is 14. The van der Waals surface area contributed by atoms with Gasteiger partial charge in [0, 0.05) is 64.8 Å². The Morgan fingerprint density at radius 1 is 0.824 bits per heavy atom. The largest absolute Gasteiger partial charge is 0.481 e. The number of aliphatic carboxylic acids is 1. The van der Waals surface area contributed by atoms with Gasteiger partial charge in [-0.25, -0.2) is 9.97 Å².